The molecule has 0 aliphatic heterocycles. The zero-order valence-electron chi connectivity index (χ0n) is 27.5. The Morgan fingerprint density at radius 1 is 0.755 bits per heavy atom. The number of non-ortho nitro benzene ring substituents is 2. The summed E-state index contributed by atoms with van der Waals surface area (Å²) in [5.41, 5.74) is 7.37. The Morgan fingerprint density at radius 3 is 1.96 bits per heavy atom. The number of benzene rings is 2. The molecule has 0 spiro atoms. The summed E-state index contributed by atoms with van der Waals surface area (Å²) >= 11 is 0. The van der Waals surface area contributed by atoms with Gasteiger partial charge in [0.15, 0.2) is 0 Å². The predicted octanol–water partition coefficient (Wildman–Crippen LogP) is 8.15. The highest BCUT2D eigenvalue weighted by Crippen LogP contribution is 2.66. The number of anilines is 2. The maximum absolute atomic E-state index is 11.6. The van der Waals surface area contributed by atoms with Crippen molar-refractivity contribution in [3.63, 3.8) is 0 Å². The van der Waals surface area contributed by atoms with E-state index in [1.165, 1.54) is 29.8 Å². The molecule has 0 saturated heterocycles. The Morgan fingerprint density at radius 2 is 1.37 bits per heavy atom. The van der Waals surface area contributed by atoms with Crippen molar-refractivity contribution in [3.8, 4) is 0 Å². The van der Waals surface area contributed by atoms with Crippen LogP contribution in [0.3, 0.4) is 0 Å². The van der Waals surface area contributed by atoms with Gasteiger partial charge in [-0.3, -0.25) is 51.3 Å². The minimum Gasteiger partial charge on any atom is -0.272 e. The van der Waals surface area contributed by atoms with Gasteiger partial charge < -0.3 is 0 Å². The van der Waals surface area contributed by atoms with E-state index in [0.29, 0.717) is 24.2 Å². The summed E-state index contributed by atoms with van der Waals surface area (Å²) in [6, 6.07) is 6.94. The zero-order chi connectivity index (χ0) is 35.2. The summed E-state index contributed by atoms with van der Waals surface area (Å²) in [5.74, 6) is 1.76. The third-order valence-electron chi connectivity index (χ3n) is 11.9. The minimum atomic E-state index is -0.669. The molecule has 2 aromatic rings. The standard InChI is InChI=1S/C33H38N8O8/c1-19(34-36-28-10-5-22(38(42)43)17-30(28)40(46)47)25-8-9-26-24-7-4-20-16-21(12-14-32(20,2)27(24)13-15-33(25,26)3)35-37-29-11-6-23(39(44)45)18-31(29)41(48)49/h5-6,10-11,16-18,24-27,36-37H,4,7-9,12-15H2,1-3H3. The van der Waals surface area contributed by atoms with E-state index < -0.39 is 31.1 Å². The van der Waals surface area contributed by atoms with Crippen molar-refractivity contribution in [3.05, 3.63) is 88.5 Å². The minimum absolute atomic E-state index is 0.0141. The van der Waals surface area contributed by atoms with Gasteiger partial charge in [0.05, 0.1) is 37.5 Å². The van der Waals surface area contributed by atoms with Crippen LogP contribution in [-0.4, -0.2) is 31.1 Å². The lowest BCUT2D eigenvalue weighted by Gasteiger charge is -2.58. The van der Waals surface area contributed by atoms with E-state index in [9.17, 15) is 40.5 Å². The molecule has 2 N–H and O–H groups in total. The number of nitro groups is 4. The summed E-state index contributed by atoms with van der Waals surface area (Å²) in [4.78, 5) is 42.7. The zero-order valence-corrected chi connectivity index (χ0v) is 27.5. The van der Waals surface area contributed by atoms with Crippen LogP contribution in [-0.2, 0) is 0 Å². The van der Waals surface area contributed by atoms with Gasteiger partial charge in [-0.05, 0) is 105 Å². The van der Waals surface area contributed by atoms with Crippen LogP contribution in [0.15, 0.2) is 58.3 Å². The summed E-state index contributed by atoms with van der Waals surface area (Å²) in [5, 5.41) is 54.5. The summed E-state index contributed by atoms with van der Waals surface area (Å²) < 4.78 is 0. The van der Waals surface area contributed by atoms with Gasteiger partial charge in [0, 0.05) is 23.8 Å². The topological polar surface area (TPSA) is 221 Å². The first-order valence-corrected chi connectivity index (χ1v) is 16.4. The van der Waals surface area contributed by atoms with E-state index in [1.807, 2.05) is 6.92 Å². The molecule has 0 aromatic heterocycles. The number of hydrazone groups is 2. The molecule has 258 valence electrons. The second-order valence-electron chi connectivity index (χ2n) is 14.2. The highest BCUT2D eigenvalue weighted by Gasteiger charge is 2.59. The molecule has 0 bridgehead atoms. The summed E-state index contributed by atoms with van der Waals surface area (Å²) in [7, 11) is 0. The van der Waals surface area contributed by atoms with Crippen molar-refractivity contribution in [2.45, 2.75) is 72.1 Å². The molecule has 0 amide bonds. The van der Waals surface area contributed by atoms with Gasteiger partial charge in [0.25, 0.3) is 11.4 Å². The van der Waals surface area contributed by atoms with E-state index in [0.717, 1.165) is 68.5 Å². The smallest absolute Gasteiger partial charge is 0.272 e. The van der Waals surface area contributed by atoms with E-state index in [1.54, 1.807) is 0 Å². The monoisotopic (exact) mass is 674 g/mol. The van der Waals surface area contributed by atoms with Crippen molar-refractivity contribution < 1.29 is 19.7 Å². The normalized spacial score (nSPS) is 30.0. The average molecular weight is 675 g/mol. The van der Waals surface area contributed by atoms with Crippen molar-refractivity contribution in [2.75, 3.05) is 10.9 Å². The molecule has 2 aromatic carbocycles. The second-order valence-corrected chi connectivity index (χ2v) is 14.2. The molecule has 6 rings (SSSR count). The molecule has 6 unspecified atom stereocenters. The van der Waals surface area contributed by atoms with E-state index in [-0.39, 0.29) is 39.5 Å². The SMILES string of the molecule is CC(=NNc1ccc([N+](=O)[O-])cc1[N+](=O)[O-])C1CCC2C3CCC4=CC(=NNc5ccc([N+](=O)[O-])cc5[N+](=O)[O-])CCC4(C)C3CCC12C. The van der Waals surface area contributed by atoms with Crippen molar-refractivity contribution in [1.29, 1.82) is 0 Å². The summed E-state index contributed by atoms with van der Waals surface area (Å²) in [6.07, 6.45) is 9.88. The number of nitrogens with zero attached hydrogens (tertiary/aromatic N) is 6. The fraction of sp³-hybridized carbons (Fsp3) is 0.515. The highest BCUT2D eigenvalue weighted by atomic mass is 16.6. The van der Waals surface area contributed by atoms with Crippen LogP contribution in [0.25, 0.3) is 0 Å². The van der Waals surface area contributed by atoms with Gasteiger partial charge in [-0.15, -0.1) is 0 Å². The first kappa shape index (κ1) is 33.6. The number of hydrogen-bond acceptors (Lipinski definition) is 12. The Hall–Kier alpha value is -5.28. The lowest BCUT2D eigenvalue weighted by Crippen LogP contribution is -2.51. The number of fused-ring (bicyclic) bond motifs is 5. The predicted molar refractivity (Wildman–Crippen MR) is 182 cm³/mol. The number of hydrogen-bond donors (Lipinski definition) is 2. The number of nitrogens with one attached hydrogen (secondary N) is 2. The molecule has 16 heteroatoms. The fourth-order valence-electron chi connectivity index (χ4n) is 9.46. The molecule has 6 atom stereocenters. The largest absolute Gasteiger partial charge is 0.301 e. The van der Waals surface area contributed by atoms with Crippen LogP contribution in [0.4, 0.5) is 34.1 Å². The van der Waals surface area contributed by atoms with E-state index in [4.69, 9.17) is 0 Å². The average Bonchev–Trinajstić information content (AvgIpc) is 3.43. The van der Waals surface area contributed by atoms with Gasteiger partial charge >= 0.3 is 11.4 Å². The van der Waals surface area contributed by atoms with Crippen molar-refractivity contribution >= 4 is 45.5 Å². The highest BCUT2D eigenvalue weighted by molar-refractivity contribution is 5.97. The molecule has 3 fully saturated rings. The van der Waals surface area contributed by atoms with Crippen LogP contribution in [0.5, 0.6) is 0 Å². The van der Waals surface area contributed by atoms with Crippen molar-refractivity contribution in [2.24, 2.45) is 44.7 Å². The molecule has 4 aliphatic rings. The Kier molecular flexibility index (Phi) is 8.67. The third kappa shape index (κ3) is 5.99. The second kappa shape index (κ2) is 12.6. The fourth-order valence-corrected chi connectivity index (χ4v) is 9.46. The third-order valence-corrected chi connectivity index (χ3v) is 11.9. The van der Waals surface area contributed by atoms with Gasteiger partial charge in [0.1, 0.15) is 11.4 Å². The van der Waals surface area contributed by atoms with E-state index in [2.05, 4.69) is 41.0 Å². The quantitative estimate of drug-likeness (QED) is 0.147. The van der Waals surface area contributed by atoms with Crippen LogP contribution in [0.2, 0.25) is 0 Å². The lowest BCUT2D eigenvalue weighted by atomic mass is 9.46. The molecular weight excluding hydrogens is 636 g/mol. The maximum Gasteiger partial charge on any atom is 0.301 e. The summed E-state index contributed by atoms with van der Waals surface area (Å²) in [6.45, 7) is 6.68. The molecule has 49 heavy (non-hydrogen) atoms. The Balaban J connectivity index is 1.16. The molecular formula is C33H38N8O8. The number of nitro benzene ring substituents is 4. The van der Waals surface area contributed by atoms with Crippen LogP contribution >= 0.6 is 0 Å². The molecule has 0 heterocycles. The molecule has 0 radical (unpaired) electrons. The Bertz CT molecular complexity index is 1840. The molecule has 3 saturated carbocycles. The molecule has 16 nitrogen and oxygen atoms in total. The van der Waals surface area contributed by atoms with E-state index >= 15 is 0 Å². The van der Waals surface area contributed by atoms with Gasteiger partial charge in [-0.1, -0.05) is 19.4 Å². The maximum atomic E-state index is 11.6. The first-order valence-electron chi connectivity index (χ1n) is 16.4. The molecule has 4 aliphatic carbocycles. The number of allylic oxidation sites excluding steroid dienone is 2. The van der Waals surface area contributed by atoms with Crippen molar-refractivity contribution in [1.82, 2.24) is 0 Å². The van der Waals surface area contributed by atoms with Gasteiger partial charge in [0.2, 0.25) is 0 Å². The lowest BCUT2D eigenvalue weighted by molar-refractivity contribution is -0.393. The van der Waals surface area contributed by atoms with Gasteiger partial charge in [-0.2, -0.15) is 10.2 Å². The first-order chi connectivity index (χ1) is 23.2. The van der Waals surface area contributed by atoms with Crippen LogP contribution in [0, 0.1) is 75.0 Å². The van der Waals surface area contributed by atoms with Gasteiger partial charge in [-0.25, -0.2) is 0 Å². The number of rotatable bonds is 9. The van der Waals surface area contributed by atoms with Crippen LogP contribution < -0.4 is 10.9 Å². The Labute approximate surface area is 281 Å². The van der Waals surface area contributed by atoms with Crippen LogP contribution in [0.1, 0.15) is 72.1 Å².